The van der Waals surface area contributed by atoms with E-state index in [1.54, 1.807) is 6.92 Å². The zero-order valence-corrected chi connectivity index (χ0v) is 21.3. The lowest BCUT2D eigenvalue weighted by Gasteiger charge is -2.37. The minimum Gasteiger partial charge on any atom is -0.474 e. The normalized spacial score (nSPS) is 16.3. The van der Waals surface area contributed by atoms with Crippen LogP contribution >= 0.6 is 0 Å². The maximum absolute atomic E-state index is 14.4. The third kappa shape index (κ3) is 7.42. The first kappa shape index (κ1) is 27.0. The van der Waals surface area contributed by atoms with Crippen LogP contribution in [0.1, 0.15) is 45.1 Å². The van der Waals surface area contributed by atoms with Crippen LogP contribution in [0, 0.1) is 12.7 Å². The maximum Gasteiger partial charge on any atom is 0.229 e. The third-order valence-electron chi connectivity index (χ3n) is 5.65. The molecule has 0 saturated carbocycles. The number of sulfone groups is 1. The minimum absolute atomic E-state index is 0.0649. The Bertz CT molecular complexity index is 1120. The summed E-state index contributed by atoms with van der Waals surface area (Å²) in [5, 5.41) is 0. The molecule has 1 aliphatic rings. The van der Waals surface area contributed by atoms with Gasteiger partial charge < -0.3 is 19.0 Å². The average Bonchev–Trinajstić information content (AvgIpc) is 2.80. The molecular weight excluding hydrogens is 477 g/mol. The number of carbonyl (C=O) groups is 1. The van der Waals surface area contributed by atoms with E-state index < -0.39 is 15.7 Å². The highest BCUT2D eigenvalue weighted by molar-refractivity contribution is 7.90. The van der Waals surface area contributed by atoms with Crippen LogP contribution in [0.3, 0.4) is 0 Å². The lowest BCUT2D eigenvalue weighted by Crippen LogP contribution is -2.46. The molecule has 35 heavy (non-hydrogen) atoms. The molecule has 1 unspecified atom stereocenters. The molecule has 0 amide bonds. The van der Waals surface area contributed by atoms with Gasteiger partial charge in [0.05, 0.1) is 16.6 Å². The van der Waals surface area contributed by atoms with Crippen molar-refractivity contribution in [1.82, 2.24) is 14.9 Å². The Labute approximate surface area is 205 Å². The Morgan fingerprint density at radius 3 is 2.49 bits per heavy atom. The first-order valence-electron chi connectivity index (χ1n) is 11.6. The molecule has 3 rings (SSSR count). The number of benzene rings is 1. The molecule has 0 aliphatic carbocycles. The van der Waals surface area contributed by atoms with Crippen molar-refractivity contribution in [2.45, 2.75) is 69.8 Å². The topological polar surface area (TPSA) is 108 Å². The minimum atomic E-state index is -3.53. The fourth-order valence-electron chi connectivity index (χ4n) is 3.84. The van der Waals surface area contributed by atoms with Gasteiger partial charge in [-0.25, -0.2) is 22.8 Å². The summed E-state index contributed by atoms with van der Waals surface area (Å²) in [6.45, 7) is 7.19. The van der Waals surface area contributed by atoms with Gasteiger partial charge in [0.25, 0.3) is 0 Å². The first-order valence-corrected chi connectivity index (χ1v) is 13.5. The zero-order chi connectivity index (χ0) is 25.6. The number of piperidine rings is 1. The Hall–Kier alpha value is -2.63. The van der Waals surface area contributed by atoms with Gasteiger partial charge in [-0.1, -0.05) is 0 Å². The van der Waals surface area contributed by atoms with Crippen molar-refractivity contribution in [3.8, 4) is 17.5 Å². The molecule has 1 aromatic carbocycles. The molecule has 2 heterocycles. The van der Waals surface area contributed by atoms with Crippen LogP contribution in [0.2, 0.25) is 0 Å². The van der Waals surface area contributed by atoms with Gasteiger partial charge in [-0.15, -0.1) is 0 Å². The van der Waals surface area contributed by atoms with Crippen molar-refractivity contribution in [3.05, 3.63) is 35.9 Å². The Morgan fingerprint density at radius 2 is 1.89 bits per heavy atom. The summed E-state index contributed by atoms with van der Waals surface area (Å²) in [5.41, 5.74) is 0.508. The van der Waals surface area contributed by atoms with Crippen LogP contribution in [0.25, 0.3) is 0 Å². The number of aldehydes is 1. The van der Waals surface area contributed by atoms with E-state index in [0.717, 1.165) is 44.5 Å². The second kappa shape index (κ2) is 11.9. The Balaban J connectivity index is 1.64. The average molecular weight is 510 g/mol. The molecule has 0 bridgehead atoms. The van der Waals surface area contributed by atoms with E-state index in [1.807, 2.05) is 13.8 Å². The summed E-state index contributed by atoms with van der Waals surface area (Å²) in [6.07, 6.45) is 5.69. The lowest BCUT2D eigenvalue weighted by atomic mass is 10.1. The van der Waals surface area contributed by atoms with Gasteiger partial charge in [-0.05, 0) is 58.2 Å². The highest BCUT2D eigenvalue weighted by atomic mass is 32.2. The first-order chi connectivity index (χ1) is 16.6. The number of ether oxygens (including phenoxy) is 3. The quantitative estimate of drug-likeness (QED) is 0.419. The zero-order valence-electron chi connectivity index (χ0n) is 20.4. The molecule has 1 aliphatic heterocycles. The van der Waals surface area contributed by atoms with E-state index in [4.69, 9.17) is 14.2 Å². The van der Waals surface area contributed by atoms with E-state index in [-0.39, 0.29) is 35.0 Å². The Kier molecular flexibility index (Phi) is 9.15. The molecule has 2 aromatic rings. The second-order valence-corrected chi connectivity index (χ2v) is 10.8. The Morgan fingerprint density at radius 1 is 1.20 bits per heavy atom. The number of carbonyl (C=O) groups excluding carboxylic acids is 1. The number of likely N-dealkylation sites (tertiary alicyclic amines) is 1. The molecule has 0 spiro atoms. The van der Waals surface area contributed by atoms with E-state index in [1.165, 1.54) is 18.5 Å². The fraction of sp³-hybridized carbons (Fsp3) is 0.542. The van der Waals surface area contributed by atoms with Gasteiger partial charge in [0.2, 0.25) is 11.8 Å². The summed E-state index contributed by atoms with van der Waals surface area (Å²) >= 11 is 0. The standard InChI is InChI=1S/C24H32FN3O6S/c1-16(2)32-22(6-5-13-29)28-11-9-18(10-12-28)33-23-17(3)24(27-15-26-23)34-21-8-7-19(14-20(21)25)35(4,30)31/h7-8,13-16,18,22H,5-6,9-12H2,1-4H3. The van der Waals surface area contributed by atoms with Crippen LogP contribution in [0.5, 0.6) is 17.5 Å². The maximum atomic E-state index is 14.4. The molecule has 1 fully saturated rings. The summed E-state index contributed by atoms with van der Waals surface area (Å²) in [5.74, 6) is -0.492. The van der Waals surface area contributed by atoms with Crippen LogP contribution in [0.15, 0.2) is 29.4 Å². The molecular formula is C24H32FN3O6S. The lowest BCUT2D eigenvalue weighted by molar-refractivity contribution is -0.117. The van der Waals surface area contributed by atoms with Crippen LogP contribution in [0.4, 0.5) is 4.39 Å². The van der Waals surface area contributed by atoms with Crippen LogP contribution in [-0.4, -0.2) is 67.4 Å². The largest absolute Gasteiger partial charge is 0.474 e. The molecule has 1 saturated heterocycles. The summed E-state index contributed by atoms with van der Waals surface area (Å²) < 4.78 is 55.4. The molecule has 0 N–H and O–H groups in total. The smallest absolute Gasteiger partial charge is 0.229 e. The SMILES string of the molecule is Cc1c(Oc2ccc(S(C)(=O)=O)cc2F)ncnc1OC1CCN(C(CCC=O)OC(C)C)CC1. The fourth-order valence-corrected chi connectivity index (χ4v) is 4.47. The predicted octanol–water partition coefficient (Wildman–Crippen LogP) is 3.69. The summed E-state index contributed by atoms with van der Waals surface area (Å²) in [4.78, 5) is 21.2. The number of nitrogens with zero attached hydrogens (tertiary/aromatic N) is 3. The number of hydrogen-bond acceptors (Lipinski definition) is 9. The summed E-state index contributed by atoms with van der Waals surface area (Å²) in [7, 11) is -3.53. The predicted molar refractivity (Wildman–Crippen MR) is 127 cm³/mol. The van der Waals surface area contributed by atoms with Gasteiger partial charge in [0.1, 0.15) is 24.9 Å². The third-order valence-corrected chi connectivity index (χ3v) is 6.76. The van der Waals surface area contributed by atoms with Gasteiger partial charge in [-0.3, -0.25) is 4.90 Å². The number of rotatable bonds is 11. The van der Waals surface area contributed by atoms with Crippen LogP contribution < -0.4 is 9.47 Å². The van der Waals surface area contributed by atoms with Crippen molar-refractivity contribution in [2.75, 3.05) is 19.3 Å². The van der Waals surface area contributed by atoms with E-state index in [2.05, 4.69) is 14.9 Å². The van der Waals surface area contributed by atoms with E-state index in [0.29, 0.717) is 24.3 Å². The molecule has 1 aromatic heterocycles. The molecule has 1 atom stereocenters. The van der Waals surface area contributed by atoms with Gasteiger partial charge in [0.15, 0.2) is 21.4 Å². The van der Waals surface area contributed by atoms with Crippen LogP contribution in [-0.2, 0) is 19.4 Å². The van der Waals surface area contributed by atoms with E-state index in [9.17, 15) is 17.6 Å². The van der Waals surface area contributed by atoms with Crippen molar-refractivity contribution in [3.63, 3.8) is 0 Å². The molecule has 0 radical (unpaired) electrons. The summed E-state index contributed by atoms with van der Waals surface area (Å²) in [6, 6.07) is 3.45. The van der Waals surface area contributed by atoms with Crippen molar-refractivity contribution < 1.29 is 31.8 Å². The monoisotopic (exact) mass is 509 g/mol. The van der Waals surface area contributed by atoms with Crippen molar-refractivity contribution in [2.24, 2.45) is 0 Å². The highest BCUT2D eigenvalue weighted by Crippen LogP contribution is 2.31. The van der Waals surface area contributed by atoms with Crippen molar-refractivity contribution >= 4 is 16.1 Å². The second-order valence-electron chi connectivity index (χ2n) is 8.81. The number of hydrogen-bond donors (Lipinski definition) is 0. The number of halogens is 1. The van der Waals surface area contributed by atoms with Crippen molar-refractivity contribution in [1.29, 1.82) is 0 Å². The van der Waals surface area contributed by atoms with Gasteiger partial charge in [-0.2, -0.15) is 0 Å². The molecule has 9 nitrogen and oxygen atoms in total. The van der Waals surface area contributed by atoms with Gasteiger partial charge >= 0.3 is 0 Å². The van der Waals surface area contributed by atoms with E-state index >= 15 is 0 Å². The number of aromatic nitrogens is 2. The molecule has 11 heteroatoms. The van der Waals surface area contributed by atoms with Gasteiger partial charge in [0, 0.05) is 25.8 Å². The molecule has 192 valence electrons. The highest BCUT2D eigenvalue weighted by Gasteiger charge is 2.28.